The predicted octanol–water partition coefficient (Wildman–Crippen LogP) is 2.06. The molecule has 1 aromatic carbocycles. The van der Waals surface area contributed by atoms with E-state index in [0.29, 0.717) is 17.9 Å². The lowest BCUT2D eigenvalue weighted by Gasteiger charge is -2.22. The quantitative estimate of drug-likeness (QED) is 0.854. The zero-order valence-electron chi connectivity index (χ0n) is 11.2. The van der Waals surface area contributed by atoms with Crippen molar-refractivity contribution in [1.29, 1.82) is 0 Å². The van der Waals surface area contributed by atoms with Crippen LogP contribution in [0.2, 0.25) is 0 Å². The maximum atomic E-state index is 12.5. The molecule has 0 saturated heterocycles. The van der Waals surface area contributed by atoms with E-state index in [-0.39, 0.29) is 5.91 Å². The molecule has 19 heavy (non-hydrogen) atoms. The molecule has 0 atom stereocenters. The smallest absolute Gasteiger partial charge is 0.276 e. The van der Waals surface area contributed by atoms with Crippen LogP contribution in [-0.2, 0) is 7.05 Å². The molecule has 2 N–H and O–H groups in total. The van der Waals surface area contributed by atoms with E-state index in [1.54, 1.807) is 41.0 Å². The maximum Gasteiger partial charge on any atom is 0.276 e. The second-order valence-electron chi connectivity index (χ2n) is 4.39. The molecule has 0 unspecified atom stereocenters. The molecule has 1 aromatic heterocycles. The molecule has 0 aliphatic rings. The van der Waals surface area contributed by atoms with Gasteiger partial charge in [0.2, 0.25) is 0 Å². The Kier molecular flexibility index (Phi) is 3.85. The summed E-state index contributed by atoms with van der Waals surface area (Å²) in [5.41, 5.74) is 7.79. The number of amides is 1. The van der Waals surface area contributed by atoms with Gasteiger partial charge in [0.1, 0.15) is 5.69 Å². The van der Waals surface area contributed by atoms with Crippen LogP contribution in [0.15, 0.2) is 36.5 Å². The lowest BCUT2D eigenvalue weighted by Crippen LogP contribution is -2.33. The Morgan fingerprint density at radius 2 is 2.00 bits per heavy atom. The van der Waals surface area contributed by atoms with Gasteiger partial charge in [-0.25, -0.2) is 0 Å². The number of nitrogens with two attached hydrogens (primary N) is 1. The van der Waals surface area contributed by atoms with E-state index >= 15 is 0 Å². The van der Waals surface area contributed by atoms with E-state index in [0.717, 1.165) is 12.1 Å². The summed E-state index contributed by atoms with van der Waals surface area (Å²) in [7, 11) is 1.76. The third kappa shape index (κ3) is 2.76. The number of hydrogen-bond donors (Lipinski definition) is 1. The van der Waals surface area contributed by atoms with Gasteiger partial charge in [0.15, 0.2) is 0 Å². The third-order valence-electron chi connectivity index (χ3n) is 2.94. The largest absolute Gasteiger partial charge is 0.399 e. The topological polar surface area (TPSA) is 64.2 Å². The van der Waals surface area contributed by atoms with Crippen LogP contribution in [0, 0.1) is 0 Å². The minimum absolute atomic E-state index is 0.0494. The highest BCUT2D eigenvalue weighted by Crippen LogP contribution is 2.19. The van der Waals surface area contributed by atoms with Gasteiger partial charge in [0.05, 0.1) is 0 Å². The molecule has 0 bridgehead atoms. The normalized spacial score (nSPS) is 10.4. The molecule has 0 radical (unpaired) electrons. The maximum absolute atomic E-state index is 12.5. The minimum atomic E-state index is -0.0494. The average molecular weight is 258 g/mol. The van der Waals surface area contributed by atoms with Crippen molar-refractivity contribution < 1.29 is 4.79 Å². The number of benzene rings is 1. The van der Waals surface area contributed by atoms with E-state index < -0.39 is 0 Å². The number of carbonyl (C=O) groups is 1. The van der Waals surface area contributed by atoms with Gasteiger partial charge >= 0.3 is 0 Å². The van der Waals surface area contributed by atoms with Crippen molar-refractivity contribution in [2.45, 2.75) is 13.3 Å². The van der Waals surface area contributed by atoms with E-state index in [1.807, 2.05) is 19.1 Å². The van der Waals surface area contributed by atoms with Gasteiger partial charge in [-0.2, -0.15) is 5.10 Å². The first-order chi connectivity index (χ1) is 9.13. The molecule has 5 nitrogen and oxygen atoms in total. The third-order valence-corrected chi connectivity index (χ3v) is 2.94. The number of hydrogen-bond acceptors (Lipinski definition) is 3. The molecule has 5 heteroatoms. The van der Waals surface area contributed by atoms with Gasteiger partial charge in [0, 0.05) is 31.2 Å². The number of anilines is 2. The van der Waals surface area contributed by atoms with Crippen LogP contribution in [0.1, 0.15) is 23.8 Å². The highest BCUT2D eigenvalue weighted by Gasteiger charge is 2.19. The second-order valence-corrected chi connectivity index (χ2v) is 4.39. The van der Waals surface area contributed by atoms with E-state index in [4.69, 9.17) is 5.73 Å². The van der Waals surface area contributed by atoms with Crippen molar-refractivity contribution in [3.63, 3.8) is 0 Å². The molecule has 2 aromatic rings. The van der Waals surface area contributed by atoms with Crippen LogP contribution >= 0.6 is 0 Å². The Labute approximate surface area is 112 Å². The number of nitrogen functional groups attached to an aromatic ring is 1. The molecule has 0 aliphatic carbocycles. The monoisotopic (exact) mass is 258 g/mol. The zero-order chi connectivity index (χ0) is 13.8. The molecule has 1 amide bonds. The van der Waals surface area contributed by atoms with Crippen LogP contribution in [0.3, 0.4) is 0 Å². The SMILES string of the molecule is CCCN(C(=O)c1ccnn1C)c1ccc(N)cc1. The Hall–Kier alpha value is -2.30. The summed E-state index contributed by atoms with van der Waals surface area (Å²) in [5.74, 6) is -0.0494. The average Bonchev–Trinajstić information content (AvgIpc) is 2.83. The minimum Gasteiger partial charge on any atom is -0.399 e. The lowest BCUT2D eigenvalue weighted by molar-refractivity contribution is 0.0978. The number of aryl methyl sites for hydroxylation is 1. The molecule has 0 spiro atoms. The van der Waals surface area contributed by atoms with Crippen LogP contribution in [0.4, 0.5) is 11.4 Å². The van der Waals surface area contributed by atoms with Crippen molar-refractivity contribution in [3.05, 3.63) is 42.2 Å². The Bertz CT molecular complexity index is 559. The molecule has 0 saturated carbocycles. The van der Waals surface area contributed by atoms with Crippen molar-refractivity contribution >= 4 is 17.3 Å². The van der Waals surface area contributed by atoms with Crippen molar-refractivity contribution in [2.75, 3.05) is 17.2 Å². The standard InChI is InChI=1S/C14H18N4O/c1-3-10-18(12-6-4-11(15)5-7-12)14(19)13-8-9-16-17(13)2/h4-9H,3,10,15H2,1-2H3. The fourth-order valence-electron chi connectivity index (χ4n) is 1.95. The summed E-state index contributed by atoms with van der Waals surface area (Å²) >= 11 is 0. The van der Waals surface area contributed by atoms with Crippen LogP contribution in [-0.4, -0.2) is 22.2 Å². The van der Waals surface area contributed by atoms with Crippen LogP contribution in [0.25, 0.3) is 0 Å². The van der Waals surface area contributed by atoms with E-state index in [2.05, 4.69) is 5.10 Å². The summed E-state index contributed by atoms with van der Waals surface area (Å²) < 4.78 is 1.59. The molecule has 0 aliphatic heterocycles. The molecule has 2 rings (SSSR count). The van der Waals surface area contributed by atoms with Crippen LogP contribution in [0.5, 0.6) is 0 Å². The first-order valence-electron chi connectivity index (χ1n) is 6.29. The summed E-state index contributed by atoms with van der Waals surface area (Å²) in [4.78, 5) is 14.3. The molecular weight excluding hydrogens is 240 g/mol. The van der Waals surface area contributed by atoms with Gasteiger partial charge in [-0.05, 0) is 36.8 Å². The van der Waals surface area contributed by atoms with Gasteiger partial charge in [-0.15, -0.1) is 0 Å². The number of nitrogens with zero attached hydrogens (tertiary/aromatic N) is 3. The van der Waals surface area contributed by atoms with Gasteiger partial charge in [0.25, 0.3) is 5.91 Å². The number of aromatic nitrogens is 2. The van der Waals surface area contributed by atoms with Crippen molar-refractivity contribution in [3.8, 4) is 0 Å². The molecule has 0 fully saturated rings. The van der Waals surface area contributed by atoms with Gasteiger partial charge < -0.3 is 10.6 Å². The van der Waals surface area contributed by atoms with Crippen LogP contribution < -0.4 is 10.6 Å². The van der Waals surface area contributed by atoms with E-state index in [9.17, 15) is 4.79 Å². The highest BCUT2D eigenvalue weighted by atomic mass is 16.2. The zero-order valence-corrected chi connectivity index (χ0v) is 11.2. The van der Waals surface area contributed by atoms with Crippen molar-refractivity contribution in [1.82, 2.24) is 9.78 Å². The van der Waals surface area contributed by atoms with Crippen molar-refractivity contribution in [2.24, 2.45) is 7.05 Å². The summed E-state index contributed by atoms with van der Waals surface area (Å²) in [6.45, 7) is 2.70. The Morgan fingerprint density at radius 3 is 2.53 bits per heavy atom. The molecule has 100 valence electrons. The second kappa shape index (κ2) is 5.56. The summed E-state index contributed by atoms with van der Waals surface area (Å²) in [5, 5.41) is 4.04. The fourth-order valence-corrected chi connectivity index (χ4v) is 1.95. The van der Waals surface area contributed by atoms with Gasteiger partial charge in [-0.3, -0.25) is 9.48 Å². The Morgan fingerprint density at radius 1 is 1.32 bits per heavy atom. The number of carbonyl (C=O) groups excluding carboxylic acids is 1. The predicted molar refractivity (Wildman–Crippen MR) is 76.0 cm³/mol. The Balaban J connectivity index is 2.32. The lowest BCUT2D eigenvalue weighted by atomic mass is 10.2. The van der Waals surface area contributed by atoms with Gasteiger partial charge in [-0.1, -0.05) is 6.92 Å². The molecular formula is C14H18N4O. The van der Waals surface area contributed by atoms with E-state index in [1.165, 1.54) is 0 Å². The fraction of sp³-hybridized carbons (Fsp3) is 0.286. The summed E-state index contributed by atoms with van der Waals surface area (Å²) in [6, 6.07) is 9.05. The molecule has 1 heterocycles. The highest BCUT2D eigenvalue weighted by molar-refractivity contribution is 6.04. The summed E-state index contributed by atoms with van der Waals surface area (Å²) in [6.07, 6.45) is 2.51. The first-order valence-corrected chi connectivity index (χ1v) is 6.29. The first kappa shape index (κ1) is 13.1. The number of rotatable bonds is 4.